The Bertz CT molecular complexity index is 176. The third-order valence-electron chi connectivity index (χ3n) is 1.54. The Balaban J connectivity index is 2.71. The third kappa shape index (κ3) is 0.681. The number of nitrogens with one attached hydrogen (secondary N) is 1. The molecule has 1 heterocycles. The lowest BCUT2D eigenvalue weighted by Crippen LogP contribution is -2.57. The van der Waals surface area contributed by atoms with E-state index in [4.69, 9.17) is 11.5 Å². The van der Waals surface area contributed by atoms with Crippen molar-refractivity contribution in [1.29, 1.82) is 0 Å². The summed E-state index contributed by atoms with van der Waals surface area (Å²) >= 11 is 0. The van der Waals surface area contributed by atoms with Gasteiger partial charge in [0.05, 0.1) is 0 Å². The molecule has 1 saturated heterocycles. The average molecular weight is 125 g/mol. The molecular weight excluding hydrogens is 118 g/mol. The van der Waals surface area contributed by atoms with Crippen LogP contribution in [0.25, 0.3) is 0 Å². The second-order valence-corrected chi connectivity index (χ2v) is 2.14. The smallest absolute Gasteiger partial charge is 0.324 e. The zero-order valence-corrected chi connectivity index (χ0v) is 4.85. The lowest BCUT2D eigenvalue weighted by Gasteiger charge is -2.33. The van der Waals surface area contributed by atoms with Gasteiger partial charge in [-0.25, -0.2) is 0 Å². The van der Waals surface area contributed by atoms with Gasteiger partial charge in [-0.05, 0) is 0 Å². The number of carbonyl (C=O) groups is 1. The fourth-order valence-electron chi connectivity index (χ4n) is 0.690. The first kappa shape index (κ1) is 6.12. The van der Waals surface area contributed by atoms with E-state index in [2.05, 4.69) is 11.2 Å². The zero-order valence-electron chi connectivity index (χ0n) is 4.85. The van der Waals surface area contributed by atoms with Gasteiger partial charge in [0.2, 0.25) is 0 Å². The summed E-state index contributed by atoms with van der Waals surface area (Å²) in [4.78, 5) is 10.4. The number of aliphatic carboxylic acids is 1. The highest BCUT2D eigenvalue weighted by Gasteiger charge is 2.42. The normalized spacial score (nSPS) is 21.7. The monoisotopic (exact) mass is 125 g/mol. The van der Waals surface area contributed by atoms with Crippen molar-refractivity contribution < 1.29 is 9.90 Å². The van der Waals surface area contributed by atoms with Gasteiger partial charge < -0.3 is 10.4 Å². The Hall–Kier alpha value is -1.01. The molecule has 9 heavy (non-hydrogen) atoms. The van der Waals surface area contributed by atoms with E-state index in [-0.39, 0.29) is 0 Å². The third-order valence-corrected chi connectivity index (χ3v) is 1.54. The van der Waals surface area contributed by atoms with Crippen molar-refractivity contribution in [2.24, 2.45) is 5.41 Å². The number of hydrogen-bond donors (Lipinski definition) is 2. The van der Waals surface area contributed by atoms with E-state index in [1.807, 2.05) is 0 Å². The molecule has 0 aliphatic carbocycles. The van der Waals surface area contributed by atoms with E-state index in [0.717, 1.165) is 0 Å². The highest BCUT2D eigenvalue weighted by Crippen LogP contribution is 2.20. The number of carboxylic acids is 1. The first-order valence-corrected chi connectivity index (χ1v) is 2.63. The maximum absolute atomic E-state index is 10.4. The lowest BCUT2D eigenvalue weighted by molar-refractivity contribution is -0.147. The van der Waals surface area contributed by atoms with Crippen LogP contribution in [-0.2, 0) is 4.79 Å². The van der Waals surface area contributed by atoms with Crippen LogP contribution in [0.2, 0.25) is 0 Å². The Kier molecular flexibility index (Phi) is 1.19. The molecule has 0 atom stereocenters. The van der Waals surface area contributed by atoms with Crippen LogP contribution >= 0.6 is 0 Å². The van der Waals surface area contributed by atoms with Gasteiger partial charge in [-0.2, -0.15) is 0 Å². The molecule has 0 saturated carbocycles. The van der Waals surface area contributed by atoms with Crippen LogP contribution in [0.1, 0.15) is 0 Å². The van der Waals surface area contributed by atoms with E-state index < -0.39 is 11.4 Å². The molecule has 0 bridgehead atoms. The molecule has 3 heteroatoms. The first-order valence-electron chi connectivity index (χ1n) is 2.63. The Labute approximate surface area is 53.1 Å². The van der Waals surface area contributed by atoms with Gasteiger partial charge in [0, 0.05) is 13.1 Å². The second kappa shape index (κ2) is 1.74. The van der Waals surface area contributed by atoms with Crippen LogP contribution in [0.5, 0.6) is 0 Å². The molecule has 2 N–H and O–H groups in total. The van der Waals surface area contributed by atoms with Crippen molar-refractivity contribution >= 4 is 5.97 Å². The van der Waals surface area contributed by atoms with Gasteiger partial charge in [0.15, 0.2) is 5.41 Å². The van der Waals surface area contributed by atoms with Crippen LogP contribution in [0.3, 0.4) is 0 Å². The summed E-state index contributed by atoms with van der Waals surface area (Å²) in [7, 11) is 0. The van der Waals surface area contributed by atoms with Crippen molar-refractivity contribution in [3.05, 3.63) is 0 Å². The summed E-state index contributed by atoms with van der Waals surface area (Å²) in [5, 5.41) is 11.3. The number of hydrogen-bond acceptors (Lipinski definition) is 2. The average Bonchev–Trinajstić information content (AvgIpc) is 1.62. The molecule has 1 aliphatic rings. The molecule has 0 radical (unpaired) electrons. The molecule has 0 spiro atoms. The second-order valence-electron chi connectivity index (χ2n) is 2.14. The van der Waals surface area contributed by atoms with Gasteiger partial charge in [0.25, 0.3) is 0 Å². The number of rotatable bonds is 1. The van der Waals surface area contributed by atoms with Crippen LogP contribution in [-0.4, -0.2) is 24.2 Å². The van der Waals surface area contributed by atoms with E-state index >= 15 is 0 Å². The highest BCUT2D eigenvalue weighted by molar-refractivity contribution is 5.80. The van der Waals surface area contributed by atoms with Crippen molar-refractivity contribution in [1.82, 2.24) is 5.32 Å². The van der Waals surface area contributed by atoms with Crippen molar-refractivity contribution in [3.63, 3.8) is 0 Å². The zero-order chi connectivity index (χ0) is 6.91. The van der Waals surface area contributed by atoms with E-state index in [9.17, 15) is 4.79 Å². The molecule has 0 aromatic rings. The van der Waals surface area contributed by atoms with E-state index in [1.165, 1.54) is 0 Å². The molecular formula is C6H7NO2. The van der Waals surface area contributed by atoms with Gasteiger partial charge in [-0.1, -0.05) is 5.92 Å². The van der Waals surface area contributed by atoms with Gasteiger partial charge >= 0.3 is 5.97 Å². The standard InChI is InChI=1S/C6H7NO2/c1-2-6(5(8)9)3-7-4-6/h1,7H,3-4H2,(H,8,9). The Morgan fingerprint density at radius 3 is 2.33 bits per heavy atom. The molecule has 0 amide bonds. The number of carboxylic acid groups (broad SMARTS) is 1. The summed E-state index contributed by atoms with van der Waals surface area (Å²) < 4.78 is 0. The molecule has 1 fully saturated rings. The molecule has 48 valence electrons. The minimum absolute atomic E-state index is 0.402. The van der Waals surface area contributed by atoms with E-state index in [1.54, 1.807) is 0 Å². The van der Waals surface area contributed by atoms with Crippen molar-refractivity contribution in [3.8, 4) is 12.3 Å². The maximum Gasteiger partial charge on any atom is 0.324 e. The molecule has 3 nitrogen and oxygen atoms in total. The van der Waals surface area contributed by atoms with Crippen LogP contribution in [0.4, 0.5) is 0 Å². The molecule has 1 rings (SSSR count). The SMILES string of the molecule is C#CC1(C(=O)O)CNC1. The minimum Gasteiger partial charge on any atom is -0.480 e. The quantitative estimate of drug-likeness (QED) is 0.455. The van der Waals surface area contributed by atoms with Crippen LogP contribution < -0.4 is 5.32 Å². The minimum atomic E-state index is -0.903. The van der Waals surface area contributed by atoms with Gasteiger partial charge in [-0.3, -0.25) is 4.79 Å². The largest absolute Gasteiger partial charge is 0.480 e. The first-order chi connectivity index (χ1) is 4.21. The summed E-state index contributed by atoms with van der Waals surface area (Å²) in [5.74, 6) is 1.35. The lowest BCUT2D eigenvalue weighted by atomic mass is 9.83. The van der Waals surface area contributed by atoms with Crippen molar-refractivity contribution in [2.45, 2.75) is 0 Å². The topological polar surface area (TPSA) is 49.3 Å². The predicted molar refractivity (Wildman–Crippen MR) is 31.8 cm³/mol. The van der Waals surface area contributed by atoms with Gasteiger partial charge in [-0.15, -0.1) is 6.42 Å². The number of terminal acetylenes is 1. The summed E-state index contributed by atoms with van der Waals surface area (Å²) in [6.07, 6.45) is 5.00. The Morgan fingerprint density at radius 1 is 1.78 bits per heavy atom. The van der Waals surface area contributed by atoms with Crippen molar-refractivity contribution in [2.75, 3.05) is 13.1 Å². The molecule has 0 aromatic heterocycles. The fraction of sp³-hybridized carbons (Fsp3) is 0.500. The van der Waals surface area contributed by atoms with Crippen LogP contribution in [0, 0.1) is 17.8 Å². The molecule has 0 aromatic carbocycles. The maximum atomic E-state index is 10.4. The Morgan fingerprint density at radius 2 is 2.33 bits per heavy atom. The van der Waals surface area contributed by atoms with E-state index in [0.29, 0.717) is 13.1 Å². The highest BCUT2D eigenvalue weighted by atomic mass is 16.4. The van der Waals surface area contributed by atoms with Crippen LogP contribution in [0.15, 0.2) is 0 Å². The molecule has 0 unspecified atom stereocenters. The molecule has 1 aliphatic heterocycles. The summed E-state index contributed by atoms with van der Waals surface area (Å²) in [6.45, 7) is 0.803. The summed E-state index contributed by atoms with van der Waals surface area (Å²) in [5.41, 5.74) is -0.903. The summed E-state index contributed by atoms with van der Waals surface area (Å²) in [6, 6.07) is 0. The predicted octanol–water partition coefficient (Wildman–Crippen LogP) is -0.706. The fourth-order valence-corrected chi connectivity index (χ4v) is 0.690. The van der Waals surface area contributed by atoms with Gasteiger partial charge in [0.1, 0.15) is 0 Å².